The molecule has 0 spiro atoms. The number of anilines is 1. The lowest BCUT2D eigenvalue weighted by Crippen LogP contribution is -2.37. The molecule has 2 aliphatic rings. The number of fused-ring (bicyclic) bond motifs is 4. The number of ether oxygens (including phenoxy) is 1. The maximum atomic E-state index is 5.58. The van der Waals surface area contributed by atoms with Crippen LogP contribution in [0.15, 0.2) is 48.5 Å². The Bertz CT molecular complexity index is 917. The SMILES string of the molecule is O.c1ccc2c(c1)CCc1c-2nc2ccccc2c1N1CCOCC1. The molecule has 0 bridgehead atoms. The van der Waals surface area contributed by atoms with E-state index in [9.17, 15) is 0 Å². The molecule has 5 rings (SSSR count). The maximum absolute atomic E-state index is 5.58. The van der Waals surface area contributed by atoms with Crippen molar-refractivity contribution in [2.24, 2.45) is 0 Å². The standard InChI is InChI=1S/C21H20N2O.H2O/c1-2-6-16-15(5-1)9-10-18-20(16)22-19-8-4-3-7-17(19)21(18)23-11-13-24-14-12-23;/h1-8H,9-14H2;1H2. The van der Waals surface area contributed by atoms with Crippen LogP contribution in [-0.2, 0) is 17.6 Å². The van der Waals surface area contributed by atoms with Gasteiger partial charge >= 0.3 is 0 Å². The molecular formula is C21H22N2O2. The van der Waals surface area contributed by atoms with E-state index < -0.39 is 0 Å². The summed E-state index contributed by atoms with van der Waals surface area (Å²) in [6, 6.07) is 17.3. The Morgan fingerprint density at radius 3 is 2.52 bits per heavy atom. The van der Waals surface area contributed by atoms with Gasteiger partial charge in [-0.1, -0.05) is 42.5 Å². The molecular weight excluding hydrogens is 312 g/mol. The van der Waals surface area contributed by atoms with Crippen LogP contribution < -0.4 is 4.90 Å². The van der Waals surface area contributed by atoms with Crippen molar-refractivity contribution in [3.05, 3.63) is 59.7 Å². The Hall–Kier alpha value is -2.43. The van der Waals surface area contributed by atoms with Gasteiger partial charge in [0.15, 0.2) is 0 Å². The molecule has 0 unspecified atom stereocenters. The zero-order valence-corrected chi connectivity index (χ0v) is 14.2. The number of rotatable bonds is 1. The quantitative estimate of drug-likeness (QED) is 0.687. The van der Waals surface area contributed by atoms with E-state index in [1.165, 1.54) is 33.5 Å². The molecule has 2 N–H and O–H groups in total. The van der Waals surface area contributed by atoms with Crippen LogP contribution in [-0.4, -0.2) is 36.8 Å². The summed E-state index contributed by atoms with van der Waals surface area (Å²) in [5.41, 5.74) is 7.79. The number of morpholine rings is 1. The third kappa shape index (κ3) is 2.58. The number of para-hydroxylation sites is 1. The first-order chi connectivity index (χ1) is 11.9. The number of benzene rings is 2. The molecule has 1 aromatic heterocycles. The molecule has 4 heteroatoms. The van der Waals surface area contributed by atoms with Gasteiger partial charge in [-0.3, -0.25) is 0 Å². The Balaban J connectivity index is 0.00000157. The molecule has 0 amide bonds. The zero-order chi connectivity index (χ0) is 15.9. The molecule has 1 fully saturated rings. The van der Waals surface area contributed by atoms with Crippen LogP contribution in [0.1, 0.15) is 11.1 Å². The van der Waals surface area contributed by atoms with E-state index >= 15 is 0 Å². The summed E-state index contributed by atoms with van der Waals surface area (Å²) in [6.45, 7) is 3.54. The van der Waals surface area contributed by atoms with Gasteiger partial charge in [0.25, 0.3) is 0 Å². The summed E-state index contributed by atoms with van der Waals surface area (Å²) in [5.74, 6) is 0. The van der Waals surface area contributed by atoms with E-state index in [0.29, 0.717) is 0 Å². The maximum Gasteiger partial charge on any atom is 0.0765 e. The molecule has 1 saturated heterocycles. The zero-order valence-electron chi connectivity index (χ0n) is 14.2. The Morgan fingerprint density at radius 1 is 0.880 bits per heavy atom. The average Bonchev–Trinajstić information content (AvgIpc) is 2.67. The second-order valence-corrected chi connectivity index (χ2v) is 6.56. The van der Waals surface area contributed by atoms with Gasteiger partial charge in [0, 0.05) is 29.6 Å². The number of pyridine rings is 1. The van der Waals surface area contributed by atoms with E-state index in [0.717, 1.165) is 44.7 Å². The van der Waals surface area contributed by atoms with Gasteiger partial charge in [0.1, 0.15) is 0 Å². The van der Waals surface area contributed by atoms with Crippen molar-refractivity contribution in [2.75, 3.05) is 31.2 Å². The molecule has 4 nitrogen and oxygen atoms in total. The molecule has 1 aliphatic heterocycles. The van der Waals surface area contributed by atoms with Crippen LogP contribution in [0.5, 0.6) is 0 Å². The lowest BCUT2D eigenvalue weighted by molar-refractivity contribution is 0.123. The van der Waals surface area contributed by atoms with Crippen LogP contribution in [0, 0.1) is 0 Å². The van der Waals surface area contributed by atoms with Gasteiger partial charge in [0.05, 0.1) is 30.1 Å². The lowest BCUT2D eigenvalue weighted by atomic mass is 9.86. The van der Waals surface area contributed by atoms with Gasteiger partial charge < -0.3 is 15.1 Å². The summed E-state index contributed by atoms with van der Waals surface area (Å²) in [7, 11) is 0. The minimum atomic E-state index is 0. The second kappa shape index (κ2) is 6.47. The van der Waals surface area contributed by atoms with Crippen molar-refractivity contribution >= 4 is 16.6 Å². The highest BCUT2D eigenvalue weighted by Gasteiger charge is 2.25. The van der Waals surface area contributed by atoms with E-state index in [1.807, 2.05) is 0 Å². The number of hydrogen-bond acceptors (Lipinski definition) is 3. The Kier molecular flexibility index (Phi) is 4.15. The van der Waals surface area contributed by atoms with E-state index in [-0.39, 0.29) is 5.48 Å². The second-order valence-electron chi connectivity index (χ2n) is 6.56. The van der Waals surface area contributed by atoms with Gasteiger partial charge in [-0.2, -0.15) is 0 Å². The van der Waals surface area contributed by atoms with E-state index in [4.69, 9.17) is 9.72 Å². The molecule has 1 aliphatic carbocycles. The topological polar surface area (TPSA) is 56.9 Å². The predicted molar refractivity (Wildman–Crippen MR) is 101 cm³/mol. The minimum Gasteiger partial charge on any atom is -0.412 e. The summed E-state index contributed by atoms with van der Waals surface area (Å²) in [4.78, 5) is 7.55. The molecule has 3 aromatic rings. The lowest BCUT2D eigenvalue weighted by Gasteiger charge is -2.33. The van der Waals surface area contributed by atoms with Crippen molar-refractivity contribution in [3.63, 3.8) is 0 Å². The monoisotopic (exact) mass is 334 g/mol. The molecule has 2 heterocycles. The first-order valence-corrected chi connectivity index (χ1v) is 8.74. The molecule has 0 saturated carbocycles. The highest BCUT2D eigenvalue weighted by atomic mass is 16.5. The smallest absolute Gasteiger partial charge is 0.0765 e. The molecule has 0 radical (unpaired) electrons. The largest absolute Gasteiger partial charge is 0.412 e. The molecule has 0 atom stereocenters. The Labute approximate surface area is 147 Å². The third-order valence-corrected chi connectivity index (χ3v) is 5.21. The number of aryl methyl sites for hydroxylation is 1. The van der Waals surface area contributed by atoms with Gasteiger partial charge in [-0.05, 0) is 24.5 Å². The average molecular weight is 334 g/mol. The minimum absolute atomic E-state index is 0. The fourth-order valence-electron chi connectivity index (χ4n) is 4.07. The van der Waals surface area contributed by atoms with Crippen molar-refractivity contribution in [2.45, 2.75) is 12.8 Å². The number of hydrogen-bond donors (Lipinski definition) is 0. The highest BCUT2D eigenvalue weighted by Crippen LogP contribution is 2.41. The fraction of sp³-hybridized carbons (Fsp3) is 0.286. The first-order valence-electron chi connectivity index (χ1n) is 8.74. The molecule has 128 valence electrons. The summed E-state index contributed by atoms with van der Waals surface area (Å²) < 4.78 is 5.58. The van der Waals surface area contributed by atoms with Crippen LogP contribution in [0.25, 0.3) is 22.2 Å². The number of nitrogens with zero attached hydrogens (tertiary/aromatic N) is 2. The molecule has 2 aromatic carbocycles. The number of aromatic nitrogens is 1. The van der Waals surface area contributed by atoms with Crippen LogP contribution in [0.3, 0.4) is 0 Å². The van der Waals surface area contributed by atoms with Gasteiger partial charge in [-0.15, -0.1) is 0 Å². The first kappa shape index (κ1) is 16.1. The van der Waals surface area contributed by atoms with E-state index in [1.54, 1.807) is 0 Å². The molecule has 25 heavy (non-hydrogen) atoms. The van der Waals surface area contributed by atoms with Crippen molar-refractivity contribution in [1.29, 1.82) is 0 Å². The summed E-state index contributed by atoms with van der Waals surface area (Å²) in [6.07, 6.45) is 2.16. The van der Waals surface area contributed by atoms with Crippen LogP contribution in [0.4, 0.5) is 5.69 Å². The van der Waals surface area contributed by atoms with Crippen LogP contribution in [0.2, 0.25) is 0 Å². The van der Waals surface area contributed by atoms with E-state index in [2.05, 4.69) is 53.4 Å². The normalized spacial score (nSPS) is 16.1. The van der Waals surface area contributed by atoms with Gasteiger partial charge in [0.2, 0.25) is 0 Å². The summed E-state index contributed by atoms with van der Waals surface area (Å²) >= 11 is 0. The Morgan fingerprint density at radius 2 is 1.64 bits per heavy atom. The highest BCUT2D eigenvalue weighted by molar-refractivity contribution is 5.97. The fourth-order valence-corrected chi connectivity index (χ4v) is 4.07. The van der Waals surface area contributed by atoms with Crippen LogP contribution >= 0.6 is 0 Å². The van der Waals surface area contributed by atoms with Crippen molar-refractivity contribution in [3.8, 4) is 11.3 Å². The van der Waals surface area contributed by atoms with Gasteiger partial charge in [-0.25, -0.2) is 4.98 Å². The van der Waals surface area contributed by atoms with Crippen molar-refractivity contribution < 1.29 is 10.2 Å². The third-order valence-electron chi connectivity index (χ3n) is 5.21. The summed E-state index contributed by atoms with van der Waals surface area (Å²) in [5, 5.41) is 1.28. The van der Waals surface area contributed by atoms with Crippen molar-refractivity contribution in [1.82, 2.24) is 4.98 Å². The predicted octanol–water partition coefficient (Wildman–Crippen LogP) is 3.01.